The lowest BCUT2D eigenvalue weighted by Gasteiger charge is -2.30. The van der Waals surface area contributed by atoms with E-state index in [1.807, 2.05) is 77.7 Å². The van der Waals surface area contributed by atoms with Crippen LogP contribution in [-0.4, -0.2) is 72.5 Å². The third-order valence-electron chi connectivity index (χ3n) is 7.68. The molecule has 41 heavy (non-hydrogen) atoms. The van der Waals surface area contributed by atoms with Gasteiger partial charge in [-0.1, -0.05) is 66.7 Å². The summed E-state index contributed by atoms with van der Waals surface area (Å²) in [5.41, 5.74) is 2.50. The van der Waals surface area contributed by atoms with Crippen molar-refractivity contribution in [2.45, 2.75) is 50.5 Å². The van der Waals surface area contributed by atoms with Crippen LogP contribution in [0.3, 0.4) is 0 Å². The first-order chi connectivity index (χ1) is 20.0. The fourth-order valence-corrected chi connectivity index (χ4v) is 5.46. The Kier molecular flexibility index (Phi) is 9.31. The summed E-state index contributed by atoms with van der Waals surface area (Å²) in [5.74, 6) is 0.111. The lowest BCUT2D eigenvalue weighted by atomic mass is 10.1. The molecule has 3 atom stereocenters. The Morgan fingerprint density at radius 1 is 0.976 bits per heavy atom. The molecule has 1 saturated heterocycles. The number of fused-ring (bicyclic) bond motifs is 3. The zero-order valence-electron chi connectivity index (χ0n) is 23.4. The summed E-state index contributed by atoms with van der Waals surface area (Å²) in [6.07, 6.45) is 1.62. The molecular weight excluding hydrogens is 518 g/mol. The summed E-state index contributed by atoms with van der Waals surface area (Å²) in [5, 5.41) is 3.00. The van der Waals surface area contributed by atoms with Gasteiger partial charge < -0.3 is 24.6 Å². The molecule has 8 heteroatoms. The monoisotopic (exact) mass is 555 g/mol. The molecule has 2 aliphatic heterocycles. The molecule has 2 bridgehead atoms. The average molecular weight is 556 g/mol. The molecule has 0 unspecified atom stereocenters. The molecule has 0 aromatic heterocycles. The van der Waals surface area contributed by atoms with Crippen molar-refractivity contribution >= 4 is 17.7 Å². The van der Waals surface area contributed by atoms with Crippen molar-refractivity contribution in [2.24, 2.45) is 0 Å². The Labute approximate surface area is 241 Å². The predicted octanol–water partition coefficient (Wildman–Crippen LogP) is 3.85. The molecule has 2 aliphatic rings. The molecule has 3 amide bonds. The van der Waals surface area contributed by atoms with Crippen molar-refractivity contribution in [1.82, 2.24) is 15.1 Å². The van der Waals surface area contributed by atoms with Gasteiger partial charge in [0.2, 0.25) is 11.8 Å². The van der Waals surface area contributed by atoms with Crippen LogP contribution in [-0.2, 0) is 27.4 Å². The van der Waals surface area contributed by atoms with E-state index in [1.54, 1.807) is 24.1 Å². The summed E-state index contributed by atoms with van der Waals surface area (Å²) in [6.45, 7) is 1.58. The van der Waals surface area contributed by atoms with Crippen LogP contribution in [0.1, 0.15) is 40.7 Å². The molecule has 3 aromatic rings. The van der Waals surface area contributed by atoms with Gasteiger partial charge in [-0.05, 0) is 48.6 Å². The molecule has 214 valence electrons. The van der Waals surface area contributed by atoms with E-state index < -0.39 is 6.04 Å². The maximum atomic E-state index is 14.0. The highest BCUT2D eigenvalue weighted by Gasteiger charge is 2.39. The first kappa shape index (κ1) is 28.4. The molecule has 3 aromatic carbocycles. The van der Waals surface area contributed by atoms with Crippen LogP contribution in [0.25, 0.3) is 0 Å². The Balaban J connectivity index is 1.36. The van der Waals surface area contributed by atoms with Gasteiger partial charge in [0, 0.05) is 25.7 Å². The number of carbonyl (C=O) groups is 3. The molecule has 2 heterocycles. The van der Waals surface area contributed by atoms with E-state index in [0.29, 0.717) is 50.3 Å². The number of rotatable bonds is 6. The van der Waals surface area contributed by atoms with Crippen LogP contribution in [0, 0.1) is 0 Å². The van der Waals surface area contributed by atoms with Crippen molar-refractivity contribution in [3.8, 4) is 5.75 Å². The van der Waals surface area contributed by atoms with E-state index in [4.69, 9.17) is 9.47 Å². The van der Waals surface area contributed by atoms with Gasteiger partial charge in [0.15, 0.2) is 0 Å². The van der Waals surface area contributed by atoms with Gasteiger partial charge in [-0.2, -0.15) is 0 Å². The van der Waals surface area contributed by atoms with Crippen molar-refractivity contribution in [3.63, 3.8) is 0 Å². The molecular formula is C33H37N3O5. The number of hydrogen-bond donors (Lipinski definition) is 1. The minimum absolute atomic E-state index is 0.111. The number of hydrogen-bond acceptors (Lipinski definition) is 5. The zero-order valence-corrected chi connectivity index (χ0v) is 23.4. The minimum Gasteiger partial charge on any atom is -0.491 e. The van der Waals surface area contributed by atoms with E-state index >= 15 is 0 Å². The Morgan fingerprint density at radius 3 is 2.46 bits per heavy atom. The van der Waals surface area contributed by atoms with Gasteiger partial charge >= 0.3 is 0 Å². The van der Waals surface area contributed by atoms with Crippen LogP contribution in [0.4, 0.5) is 0 Å². The van der Waals surface area contributed by atoms with Crippen molar-refractivity contribution in [2.75, 3.05) is 26.7 Å². The maximum absolute atomic E-state index is 14.0. The van der Waals surface area contributed by atoms with E-state index in [-0.39, 0.29) is 42.9 Å². The van der Waals surface area contributed by atoms with Crippen LogP contribution < -0.4 is 10.1 Å². The minimum atomic E-state index is -0.717. The fraction of sp³-hybridized carbons (Fsp3) is 0.364. The normalized spacial score (nSPS) is 21.5. The maximum Gasteiger partial charge on any atom is 0.253 e. The van der Waals surface area contributed by atoms with Gasteiger partial charge in [-0.25, -0.2) is 0 Å². The summed E-state index contributed by atoms with van der Waals surface area (Å²) >= 11 is 0. The molecule has 1 fully saturated rings. The predicted molar refractivity (Wildman–Crippen MR) is 155 cm³/mol. The number of ether oxygens (including phenoxy) is 2. The highest BCUT2D eigenvalue weighted by atomic mass is 16.5. The lowest BCUT2D eigenvalue weighted by Crippen LogP contribution is -2.52. The molecule has 0 saturated carbocycles. The van der Waals surface area contributed by atoms with Crippen LogP contribution >= 0.6 is 0 Å². The van der Waals surface area contributed by atoms with Gasteiger partial charge in [0.25, 0.3) is 5.91 Å². The van der Waals surface area contributed by atoms with Crippen LogP contribution in [0.15, 0.2) is 84.9 Å². The molecule has 5 rings (SSSR count). The first-order valence-corrected chi connectivity index (χ1v) is 14.2. The van der Waals surface area contributed by atoms with E-state index in [0.717, 1.165) is 11.1 Å². The standard InChI is InChI=1S/C33H37N3O5/c1-35-17-9-16-30(34-31(37)18-24-10-4-2-5-11-24)33(39)36-21-29(40-22-25-12-6-3-7-13-25)20-27(36)23-41-28-15-8-14-26(19-28)32(35)38/h2-8,10-15,19,27,29-30H,9,16-18,20-23H2,1H3,(H,34,37)/t27-,29-,30-/m0/s1. The Bertz CT molecular complexity index is 1330. The molecule has 1 N–H and O–H groups in total. The molecule has 8 nitrogen and oxygen atoms in total. The van der Waals surface area contributed by atoms with E-state index in [2.05, 4.69) is 5.32 Å². The average Bonchev–Trinajstić information content (AvgIpc) is 3.41. The number of benzene rings is 3. The number of nitrogens with zero attached hydrogens (tertiary/aromatic N) is 2. The highest BCUT2D eigenvalue weighted by molar-refractivity contribution is 5.94. The quantitative estimate of drug-likeness (QED) is 0.499. The van der Waals surface area contributed by atoms with Crippen molar-refractivity contribution in [3.05, 3.63) is 102 Å². The number of nitrogens with one attached hydrogen (secondary N) is 1. The second kappa shape index (κ2) is 13.5. The van der Waals surface area contributed by atoms with Gasteiger partial charge in [0.1, 0.15) is 18.4 Å². The number of amides is 3. The molecule has 0 aliphatic carbocycles. The lowest BCUT2D eigenvalue weighted by molar-refractivity contribution is -0.138. The molecule has 0 radical (unpaired) electrons. The summed E-state index contributed by atoms with van der Waals surface area (Å²) in [6, 6.07) is 25.6. The van der Waals surface area contributed by atoms with E-state index in [1.165, 1.54) is 0 Å². The summed E-state index contributed by atoms with van der Waals surface area (Å²) in [7, 11) is 1.75. The number of carbonyl (C=O) groups excluding carboxylic acids is 3. The zero-order chi connectivity index (χ0) is 28.6. The van der Waals surface area contributed by atoms with Crippen LogP contribution in [0.5, 0.6) is 5.75 Å². The topological polar surface area (TPSA) is 88.2 Å². The summed E-state index contributed by atoms with van der Waals surface area (Å²) in [4.78, 5) is 43.6. The van der Waals surface area contributed by atoms with Crippen LogP contribution in [0.2, 0.25) is 0 Å². The fourth-order valence-electron chi connectivity index (χ4n) is 5.46. The smallest absolute Gasteiger partial charge is 0.253 e. The molecule has 0 spiro atoms. The van der Waals surface area contributed by atoms with Gasteiger partial charge in [-0.3, -0.25) is 14.4 Å². The van der Waals surface area contributed by atoms with Crippen molar-refractivity contribution < 1.29 is 23.9 Å². The summed E-state index contributed by atoms with van der Waals surface area (Å²) < 4.78 is 12.4. The highest BCUT2D eigenvalue weighted by Crippen LogP contribution is 2.25. The Hall–Kier alpha value is -4.17. The van der Waals surface area contributed by atoms with Gasteiger partial charge in [-0.15, -0.1) is 0 Å². The van der Waals surface area contributed by atoms with Gasteiger partial charge in [0.05, 0.1) is 25.2 Å². The third-order valence-corrected chi connectivity index (χ3v) is 7.68. The van der Waals surface area contributed by atoms with Crippen molar-refractivity contribution in [1.29, 1.82) is 0 Å². The largest absolute Gasteiger partial charge is 0.491 e. The Morgan fingerprint density at radius 2 is 1.71 bits per heavy atom. The van der Waals surface area contributed by atoms with E-state index in [9.17, 15) is 14.4 Å². The second-order valence-electron chi connectivity index (χ2n) is 10.8. The third kappa shape index (κ3) is 7.52. The SMILES string of the molecule is CN1CCC[C@H](NC(=O)Cc2ccccc2)C(=O)N2C[C@@H](OCc3ccccc3)C[C@H]2COc2cccc(c2)C1=O. The first-order valence-electron chi connectivity index (χ1n) is 14.2. The second-order valence-corrected chi connectivity index (χ2v) is 10.8.